The van der Waals surface area contributed by atoms with Crippen molar-refractivity contribution in [1.29, 1.82) is 0 Å². The van der Waals surface area contributed by atoms with E-state index in [1.165, 1.54) is 6.42 Å². The Bertz CT molecular complexity index is 358. The van der Waals surface area contributed by atoms with E-state index >= 15 is 0 Å². The lowest BCUT2D eigenvalue weighted by Crippen LogP contribution is -2.59. The summed E-state index contributed by atoms with van der Waals surface area (Å²) in [5, 5.41) is 14.9. The topological polar surface area (TPSA) is 78.4 Å². The molecule has 5 heteroatoms. The summed E-state index contributed by atoms with van der Waals surface area (Å²) in [4.78, 5) is 23.4. The average molecular weight is 268 g/mol. The van der Waals surface area contributed by atoms with E-state index in [-0.39, 0.29) is 11.4 Å². The summed E-state index contributed by atoms with van der Waals surface area (Å²) in [5.41, 5.74) is -0.844. The maximum absolute atomic E-state index is 11.9. The van der Waals surface area contributed by atoms with Crippen LogP contribution in [0.4, 0.5) is 4.79 Å². The number of hydrogen-bond acceptors (Lipinski definition) is 2. The fourth-order valence-electron chi connectivity index (χ4n) is 3.06. The van der Waals surface area contributed by atoms with Crippen LogP contribution in [0, 0.1) is 5.41 Å². The van der Waals surface area contributed by atoms with Crippen LogP contribution in [0.5, 0.6) is 0 Å². The Morgan fingerprint density at radius 1 is 1.05 bits per heavy atom. The molecule has 2 aliphatic rings. The second-order valence-electron chi connectivity index (χ2n) is 6.42. The van der Waals surface area contributed by atoms with Crippen molar-refractivity contribution >= 4 is 12.0 Å². The van der Waals surface area contributed by atoms with E-state index in [2.05, 4.69) is 17.6 Å². The van der Waals surface area contributed by atoms with Gasteiger partial charge in [-0.05, 0) is 31.1 Å². The summed E-state index contributed by atoms with van der Waals surface area (Å²) in [7, 11) is 0. The average Bonchev–Trinajstić information content (AvgIpc) is 2.35. The van der Waals surface area contributed by atoms with Crippen LogP contribution in [0.1, 0.15) is 58.3 Å². The van der Waals surface area contributed by atoms with Gasteiger partial charge >= 0.3 is 12.0 Å². The molecule has 0 aromatic heterocycles. The van der Waals surface area contributed by atoms with Crippen molar-refractivity contribution in [1.82, 2.24) is 10.6 Å². The first-order chi connectivity index (χ1) is 8.96. The second-order valence-corrected chi connectivity index (χ2v) is 6.42. The molecule has 0 aromatic rings. The molecule has 2 aliphatic carbocycles. The quantitative estimate of drug-likeness (QED) is 0.731. The molecular weight excluding hydrogens is 244 g/mol. The number of rotatable bonds is 4. The van der Waals surface area contributed by atoms with Crippen LogP contribution in [-0.2, 0) is 4.79 Å². The third-order valence-electron chi connectivity index (χ3n) is 4.71. The molecule has 0 spiro atoms. The van der Waals surface area contributed by atoms with Gasteiger partial charge in [0.25, 0.3) is 0 Å². The molecule has 2 fully saturated rings. The molecule has 0 unspecified atom stereocenters. The summed E-state index contributed by atoms with van der Waals surface area (Å²) >= 11 is 0. The lowest BCUT2D eigenvalue weighted by molar-refractivity contribution is -0.145. The van der Waals surface area contributed by atoms with Gasteiger partial charge in [0, 0.05) is 6.54 Å². The van der Waals surface area contributed by atoms with Gasteiger partial charge in [-0.15, -0.1) is 0 Å². The van der Waals surface area contributed by atoms with Crippen LogP contribution < -0.4 is 10.6 Å². The summed E-state index contributed by atoms with van der Waals surface area (Å²) in [6.45, 7) is 2.79. The molecule has 19 heavy (non-hydrogen) atoms. The first-order valence-corrected chi connectivity index (χ1v) is 7.25. The van der Waals surface area contributed by atoms with E-state index in [0.29, 0.717) is 19.4 Å². The fourth-order valence-corrected chi connectivity index (χ4v) is 3.06. The Labute approximate surface area is 114 Å². The molecule has 2 saturated carbocycles. The number of hydrogen-bond donors (Lipinski definition) is 3. The van der Waals surface area contributed by atoms with Crippen LogP contribution in [0.2, 0.25) is 0 Å². The van der Waals surface area contributed by atoms with E-state index in [9.17, 15) is 14.7 Å². The van der Waals surface area contributed by atoms with Crippen molar-refractivity contribution in [2.75, 3.05) is 6.54 Å². The molecule has 3 N–H and O–H groups in total. The van der Waals surface area contributed by atoms with Gasteiger partial charge in [0.1, 0.15) is 5.54 Å². The van der Waals surface area contributed by atoms with Gasteiger partial charge in [-0.25, -0.2) is 9.59 Å². The minimum Gasteiger partial charge on any atom is -0.480 e. The van der Waals surface area contributed by atoms with Crippen molar-refractivity contribution in [2.45, 2.75) is 63.8 Å². The molecule has 2 rings (SSSR count). The van der Waals surface area contributed by atoms with E-state index in [0.717, 1.165) is 32.1 Å². The van der Waals surface area contributed by atoms with Gasteiger partial charge in [0.2, 0.25) is 0 Å². The molecule has 0 radical (unpaired) electrons. The number of carboxylic acid groups (broad SMARTS) is 1. The third kappa shape index (κ3) is 3.19. The first kappa shape index (κ1) is 14.2. The summed E-state index contributed by atoms with van der Waals surface area (Å²) in [6, 6.07) is -0.336. The van der Waals surface area contributed by atoms with Gasteiger partial charge in [-0.3, -0.25) is 0 Å². The standard InChI is InChI=1S/C14H24N2O3/c1-13(6-5-7-13)10-15-12(19)16-14(11(17)18)8-3-2-4-9-14/h2-10H2,1H3,(H,17,18)(H2,15,16,19). The Morgan fingerprint density at radius 3 is 2.16 bits per heavy atom. The SMILES string of the molecule is CC1(CNC(=O)NC2(C(=O)O)CCCCC2)CCC1. The maximum Gasteiger partial charge on any atom is 0.329 e. The number of carbonyl (C=O) groups is 2. The zero-order valence-corrected chi connectivity index (χ0v) is 11.6. The third-order valence-corrected chi connectivity index (χ3v) is 4.71. The molecule has 0 saturated heterocycles. The van der Waals surface area contributed by atoms with E-state index in [1.54, 1.807) is 0 Å². The molecule has 5 nitrogen and oxygen atoms in total. The highest BCUT2D eigenvalue weighted by Crippen LogP contribution is 2.39. The molecule has 2 amide bonds. The highest BCUT2D eigenvalue weighted by atomic mass is 16.4. The monoisotopic (exact) mass is 268 g/mol. The normalized spacial score (nSPS) is 24.1. The molecule has 0 atom stereocenters. The molecule has 108 valence electrons. The number of carboxylic acids is 1. The van der Waals surface area contributed by atoms with E-state index in [1.807, 2.05) is 0 Å². The highest BCUT2D eigenvalue weighted by Gasteiger charge is 2.41. The van der Waals surface area contributed by atoms with Crippen molar-refractivity contribution in [3.63, 3.8) is 0 Å². The highest BCUT2D eigenvalue weighted by molar-refractivity contribution is 5.86. The largest absolute Gasteiger partial charge is 0.480 e. The summed E-state index contributed by atoms with van der Waals surface area (Å²) < 4.78 is 0. The maximum atomic E-state index is 11.9. The lowest BCUT2D eigenvalue weighted by atomic mass is 9.70. The molecule has 0 aromatic carbocycles. The van der Waals surface area contributed by atoms with Gasteiger partial charge in [-0.1, -0.05) is 32.6 Å². The molecule has 0 aliphatic heterocycles. The van der Waals surface area contributed by atoms with Crippen LogP contribution in [0.15, 0.2) is 0 Å². The van der Waals surface area contributed by atoms with Gasteiger partial charge < -0.3 is 15.7 Å². The van der Waals surface area contributed by atoms with Crippen molar-refractivity contribution < 1.29 is 14.7 Å². The number of nitrogens with one attached hydrogen (secondary N) is 2. The lowest BCUT2D eigenvalue weighted by Gasteiger charge is -2.39. The fraction of sp³-hybridized carbons (Fsp3) is 0.857. The van der Waals surface area contributed by atoms with Crippen LogP contribution >= 0.6 is 0 Å². The summed E-state index contributed by atoms with van der Waals surface area (Å²) in [6.07, 6.45) is 7.35. The number of aliphatic carboxylic acids is 1. The molecule has 0 heterocycles. The first-order valence-electron chi connectivity index (χ1n) is 7.25. The van der Waals surface area contributed by atoms with Crippen molar-refractivity contribution in [3.05, 3.63) is 0 Å². The predicted molar refractivity (Wildman–Crippen MR) is 71.9 cm³/mol. The molecular formula is C14H24N2O3. The van der Waals surface area contributed by atoms with Crippen LogP contribution in [0.3, 0.4) is 0 Å². The van der Waals surface area contributed by atoms with E-state index < -0.39 is 11.5 Å². The predicted octanol–water partition coefficient (Wildman–Crippen LogP) is 2.26. The molecule has 0 bridgehead atoms. The van der Waals surface area contributed by atoms with Gasteiger partial charge in [0.05, 0.1) is 0 Å². The van der Waals surface area contributed by atoms with Crippen molar-refractivity contribution in [2.24, 2.45) is 5.41 Å². The Morgan fingerprint density at radius 2 is 1.68 bits per heavy atom. The number of urea groups is 1. The summed E-state index contributed by atoms with van der Waals surface area (Å²) in [5.74, 6) is -0.905. The zero-order chi connectivity index (χ0) is 13.9. The minimum absolute atomic E-state index is 0.209. The zero-order valence-electron chi connectivity index (χ0n) is 11.6. The Kier molecular flexibility index (Phi) is 4.02. The number of amides is 2. The van der Waals surface area contributed by atoms with Crippen LogP contribution in [0.25, 0.3) is 0 Å². The van der Waals surface area contributed by atoms with Gasteiger partial charge in [-0.2, -0.15) is 0 Å². The van der Waals surface area contributed by atoms with Crippen LogP contribution in [-0.4, -0.2) is 29.2 Å². The van der Waals surface area contributed by atoms with E-state index in [4.69, 9.17) is 0 Å². The number of carbonyl (C=O) groups excluding carboxylic acids is 1. The second kappa shape index (κ2) is 5.39. The minimum atomic E-state index is -1.05. The Balaban J connectivity index is 1.86. The Hall–Kier alpha value is -1.26. The van der Waals surface area contributed by atoms with Gasteiger partial charge in [0.15, 0.2) is 0 Å². The smallest absolute Gasteiger partial charge is 0.329 e. The van der Waals surface area contributed by atoms with Crippen molar-refractivity contribution in [3.8, 4) is 0 Å².